The molecule has 32 heavy (non-hydrogen) atoms. The molecular formula is C20H20ClN9OS. The van der Waals surface area contributed by atoms with Gasteiger partial charge in [-0.15, -0.1) is 5.10 Å². The fourth-order valence-electron chi connectivity index (χ4n) is 2.88. The lowest BCUT2D eigenvalue weighted by Crippen LogP contribution is -2.12. The number of halogens is 1. The molecular weight excluding hydrogens is 450 g/mol. The van der Waals surface area contributed by atoms with E-state index in [1.54, 1.807) is 36.1 Å². The van der Waals surface area contributed by atoms with E-state index in [1.165, 1.54) is 17.5 Å². The lowest BCUT2D eigenvalue weighted by Gasteiger charge is -2.09. The Hall–Kier alpha value is -3.57. The number of amides is 1. The van der Waals surface area contributed by atoms with Gasteiger partial charge < -0.3 is 16.0 Å². The van der Waals surface area contributed by atoms with Crippen molar-refractivity contribution in [2.75, 3.05) is 22.5 Å². The number of thiazole rings is 1. The number of para-hydroxylation sites is 1. The lowest BCUT2D eigenvalue weighted by molar-refractivity contribution is 0.103. The molecule has 3 aromatic heterocycles. The zero-order chi connectivity index (χ0) is 22.5. The molecule has 4 aromatic rings. The zero-order valence-corrected chi connectivity index (χ0v) is 18.9. The fourth-order valence-corrected chi connectivity index (χ4v) is 3.87. The van der Waals surface area contributed by atoms with Gasteiger partial charge in [-0.2, -0.15) is 0 Å². The monoisotopic (exact) mass is 469 g/mol. The molecule has 3 N–H and O–H groups in total. The largest absolute Gasteiger partial charge is 0.368 e. The number of hydrogen-bond acceptors (Lipinski definition) is 9. The maximum absolute atomic E-state index is 12.6. The predicted molar refractivity (Wildman–Crippen MR) is 125 cm³/mol. The molecule has 1 amide bonds. The molecule has 4 rings (SSSR count). The van der Waals surface area contributed by atoms with Crippen LogP contribution in [0.3, 0.4) is 0 Å². The Labute approximate surface area is 193 Å². The minimum Gasteiger partial charge on any atom is -0.368 e. The molecule has 0 aliphatic carbocycles. The number of aromatic nitrogens is 6. The van der Waals surface area contributed by atoms with Crippen LogP contribution in [-0.4, -0.2) is 42.4 Å². The Morgan fingerprint density at radius 2 is 2.06 bits per heavy atom. The maximum atomic E-state index is 12.6. The van der Waals surface area contributed by atoms with Gasteiger partial charge in [-0.3, -0.25) is 9.48 Å². The average Bonchev–Trinajstić information content (AvgIpc) is 3.43. The second-order valence-electron chi connectivity index (χ2n) is 6.82. The number of hydrogen-bond donors (Lipinski definition) is 3. The molecule has 0 spiro atoms. The molecule has 10 nitrogen and oxygen atoms in total. The summed E-state index contributed by atoms with van der Waals surface area (Å²) in [5.41, 5.74) is 1.48. The van der Waals surface area contributed by atoms with E-state index in [-0.39, 0.29) is 5.91 Å². The van der Waals surface area contributed by atoms with Crippen LogP contribution in [0.25, 0.3) is 0 Å². The van der Waals surface area contributed by atoms with Gasteiger partial charge in [0.15, 0.2) is 5.13 Å². The van der Waals surface area contributed by atoms with Crippen molar-refractivity contribution in [2.24, 2.45) is 0 Å². The van der Waals surface area contributed by atoms with Crippen molar-refractivity contribution in [2.45, 2.75) is 20.4 Å². The third-order valence-corrected chi connectivity index (χ3v) is 5.61. The van der Waals surface area contributed by atoms with Crippen LogP contribution in [0.15, 0.2) is 42.9 Å². The zero-order valence-electron chi connectivity index (χ0n) is 17.3. The van der Waals surface area contributed by atoms with E-state index in [1.807, 2.05) is 19.1 Å². The van der Waals surface area contributed by atoms with Gasteiger partial charge in [-0.05, 0) is 25.5 Å². The number of benzene rings is 1. The molecule has 0 radical (unpaired) electrons. The minimum atomic E-state index is -0.277. The van der Waals surface area contributed by atoms with E-state index in [4.69, 9.17) is 11.6 Å². The molecule has 3 heterocycles. The number of carbonyl (C=O) groups is 1. The second kappa shape index (κ2) is 9.71. The average molecular weight is 470 g/mol. The molecule has 0 aliphatic rings. The molecule has 12 heteroatoms. The minimum absolute atomic E-state index is 0.277. The molecule has 0 fully saturated rings. The van der Waals surface area contributed by atoms with Crippen molar-refractivity contribution in [1.82, 2.24) is 29.9 Å². The first-order valence-corrected chi connectivity index (χ1v) is 10.9. The number of anilines is 4. The van der Waals surface area contributed by atoms with Crippen molar-refractivity contribution in [3.63, 3.8) is 0 Å². The molecule has 0 aliphatic heterocycles. The van der Waals surface area contributed by atoms with E-state index in [9.17, 15) is 4.79 Å². The van der Waals surface area contributed by atoms with Crippen molar-refractivity contribution in [3.05, 3.63) is 64.1 Å². The topological polar surface area (TPSA) is 123 Å². The predicted octanol–water partition coefficient (Wildman–Crippen LogP) is 3.90. The van der Waals surface area contributed by atoms with Gasteiger partial charge in [0.05, 0.1) is 29.6 Å². The highest BCUT2D eigenvalue weighted by Crippen LogP contribution is 2.28. The van der Waals surface area contributed by atoms with Crippen molar-refractivity contribution < 1.29 is 4.79 Å². The number of rotatable bonds is 8. The van der Waals surface area contributed by atoms with Crippen LogP contribution in [0.2, 0.25) is 5.02 Å². The number of nitrogens with zero attached hydrogens (tertiary/aromatic N) is 6. The first-order valence-electron chi connectivity index (χ1n) is 9.71. The van der Waals surface area contributed by atoms with E-state index >= 15 is 0 Å². The molecule has 0 saturated heterocycles. The van der Waals surface area contributed by atoms with Crippen molar-refractivity contribution in [1.29, 1.82) is 0 Å². The first-order chi connectivity index (χ1) is 15.5. The van der Waals surface area contributed by atoms with Crippen molar-refractivity contribution in [3.8, 4) is 0 Å². The first kappa shape index (κ1) is 21.7. The van der Waals surface area contributed by atoms with Crippen molar-refractivity contribution >= 4 is 51.3 Å². The lowest BCUT2D eigenvalue weighted by atomic mass is 10.2. The maximum Gasteiger partial charge on any atom is 0.267 e. The van der Waals surface area contributed by atoms with Gasteiger partial charge in [0.2, 0.25) is 0 Å². The van der Waals surface area contributed by atoms with Gasteiger partial charge in [-0.1, -0.05) is 40.3 Å². The smallest absolute Gasteiger partial charge is 0.267 e. The summed E-state index contributed by atoms with van der Waals surface area (Å²) in [5.74, 6) is 1.57. The summed E-state index contributed by atoms with van der Waals surface area (Å²) in [6.07, 6.45) is 4.94. The van der Waals surface area contributed by atoms with E-state index in [0.717, 1.165) is 5.56 Å². The van der Waals surface area contributed by atoms with Gasteiger partial charge in [0.1, 0.15) is 22.3 Å². The molecule has 0 unspecified atom stereocenters. The van der Waals surface area contributed by atoms with Crippen LogP contribution in [0, 0.1) is 13.8 Å². The van der Waals surface area contributed by atoms with Crippen LogP contribution in [0.5, 0.6) is 0 Å². The van der Waals surface area contributed by atoms with Crippen LogP contribution >= 0.6 is 22.9 Å². The highest BCUT2D eigenvalue weighted by molar-refractivity contribution is 7.17. The molecule has 0 atom stereocenters. The normalized spacial score (nSPS) is 10.7. The Morgan fingerprint density at radius 3 is 2.84 bits per heavy atom. The highest BCUT2D eigenvalue weighted by Gasteiger charge is 2.14. The Morgan fingerprint density at radius 1 is 1.22 bits per heavy atom. The van der Waals surface area contributed by atoms with Crippen LogP contribution in [-0.2, 0) is 6.54 Å². The second-order valence-corrected chi connectivity index (χ2v) is 8.26. The van der Waals surface area contributed by atoms with Gasteiger partial charge in [-0.25, -0.2) is 15.0 Å². The summed E-state index contributed by atoms with van der Waals surface area (Å²) in [6, 6.07) is 7.24. The van der Waals surface area contributed by atoms with E-state index < -0.39 is 0 Å². The quantitative estimate of drug-likeness (QED) is 0.355. The summed E-state index contributed by atoms with van der Waals surface area (Å²) in [7, 11) is 0. The fraction of sp³-hybridized carbons (Fsp3) is 0.200. The van der Waals surface area contributed by atoms with Gasteiger partial charge >= 0.3 is 0 Å². The summed E-state index contributed by atoms with van der Waals surface area (Å²) >= 11 is 7.42. The summed E-state index contributed by atoms with van der Waals surface area (Å²) in [4.78, 5) is 26.2. The Kier molecular flexibility index (Phi) is 6.57. The highest BCUT2D eigenvalue weighted by atomic mass is 35.5. The Bertz CT molecular complexity index is 1210. The number of aryl methyl sites for hydroxylation is 2. The third kappa shape index (κ3) is 5.37. The summed E-state index contributed by atoms with van der Waals surface area (Å²) in [6.45, 7) is 4.97. The Balaban J connectivity index is 1.40. The number of nitrogens with one attached hydrogen (secondary N) is 3. The van der Waals surface area contributed by atoms with Crippen LogP contribution < -0.4 is 16.0 Å². The molecule has 0 saturated carbocycles. The molecule has 164 valence electrons. The van der Waals surface area contributed by atoms with Crippen LogP contribution in [0.1, 0.15) is 21.1 Å². The third-order valence-electron chi connectivity index (χ3n) is 4.38. The molecule has 1 aromatic carbocycles. The summed E-state index contributed by atoms with van der Waals surface area (Å²) in [5, 5.41) is 18.0. The SMILES string of the molecule is Cc1nc(NCCn2ccnn2)cc(Nc2ncc(C(=O)Nc3c(C)cccc3Cl)s2)n1. The van der Waals surface area contributed by atoms with Crippen LogP contribution in [0.4, 0.5) is 22.5 Å². The number of carbonyl (C=O) groups excluding carboxylic acids is 1. The van der Waals surface area contributed by atoms with E-state index in [0.29, 0.717) is 51.3 Å². The standard InChI is InChI=1S/C20H20ClN9OS/c1-12-4-3-5-14(21)18(12)28-19(31)15-11-23-20(32-15)27-17-10-16(25-13(2)26-17)22-6-8-30-9-7-24-29-30/h3-5,7,9-11H,6,8H2,1-2H3,(H,28,31)(H2,22,23,25,26,27). The van der Waals surface area contributed by atoms with Gasteiger partial charge in [0, 0.05) is 18.8 Å². The van der Waals surface area contributed by atoms with E-state index in [2.05, 4.69) is 41.2 Å². The molecule has 0 bridgehead atoms. The van der Waals surface area contributed by atoms with Gasteiger partial charge in [0.25, 0.3) is 5.91 Å². The summed E-state index contributed by atoms with van der Waals surface area (Å²) < 4.78 is 1.73.